The van der Waals surface area contributed by atoms with Crippen LogP contribution >= 0.6 is 0 Å². The Labute approximate surface area is 148 Å². The maximum Gasteiger partial charge on any atom is 0.317 e. The lowest BCUT2D eigenvalue weighted by Gasteiger charge is -2.41. The molecule has 0 spiro atoms. The van der Waals surface area contributed by atoms with E-state index in [4.69, 9.17) is 9.47 Å². The largest absolute Gasteiger partial charge is 0.494 e. The van der Waals surface area contributed by atoms with Crippen LogP contribution in [0, 0.1) is 5.82 Å². The molecular formula is C18H28FN3O3. The van der Waals surface area contributed by atoms with Crippen LogP contribution < -0.4 is 10.1 Å². The molecule has 0 saturated carbocycles. The van der Waals surface area contributed by atoms with Crippen molar-refractivity contribution in [3.63, 3.8) is 0 Å². The predicted octanol–water partition coefficient (Wildman–Crippen LogP) is 2.09. The van der Waals surface area contributed by atoms with E-state index in [2.05, 4.69) is 24.1 Å². The number of carbonyl (C=O) groups excluding carboxylic acids is 1. The van der Waals surface area contributed by atoms with Crippen LogP contribution in [0.3, 0.4) is 0 Å². The highest BCUT2D eigenvalue weighted by Gasteiger charge is 2.28. The van der Waals surface area contributed by atoms with Crippen LogP contribution in [0.15, 0.2) is 18.2 Å². The Morgan fingerprint density at radius 3 is 2.68 bits per heavy atom. The second kappa shape index (κ2) is 8.49. The molecule has 1 aliphatic rings. The second-order valence-electron chi connectivity index (χ2n) is 6.90. The summed E-state index contributed by atoms with van der Waals surface area (Å²) in [7, 11) is 3.12. The van der Waals surface area contributed by atoms with Crippen LogP contribution in [0.2, 0.25) is 0 Å². The summed E-state index contributed by atoms with van der Waals surface area (Å²) in [6.07, 6.45) is 0. The standard InChI is InChI=1S/C18H28FN3O3/c1-18(2,22-7-9-25-10-8-22)13-20-17(23)21(3)12-14-5-6-16(24-4)15(19)11-14/h5-6,11H,7-10,12-13H2,1-4H3,(H,20,23). The summed E-state index contributed by atoms with van der Waals surface area (Å²) in [5.41, 5.74) is 0.565. The smallest absolute Gasteiger partial charge is 0.317 e. The molecule has 1 aromatic carbocycles. The van der Waals surface area contributed by atoms with Crippen LogP contribution in [0.1, 0.15) is 19.4 Å². The fourth-order valence-electron chi connectivity index (χ4n) is 2.86. The molecule has 6 nitrogen and oxygen atoms in total. The zero-order chi connectivity index (χ0) is 18.4. The Balaban J connectivity index is 1.86. The quantitative estimate of drug-likeness (QED) is 0.851. The number of hydrogen-bond donors (Lipinski definition) is 1. The second-order valence-corrected chi connectivity index (χ2v) is 6.90. The van der Waals surface area contributed by atoms with E-state index in [0.29, 0.717) is 18.7 Å². The highest BCUT2D eigenvalue weighted by molar-refractivity contribution is 5.73. The van der Waals surface area contributed by atoms with E-state index in [1.54, 1.807) is 19.2 Å². The van der Waals surface area contributed by atoms with Crippen LogP contribution in [-0.2, 0) is 11.3 Å². The van der Waals surface area contributed by atoms with Crippen LogP contribution in [0.25, 0.3) is 0 Å². The van der Waals surface area contributed by atoms with Gasteiger partial charge in [-0.05, 0) is 31.5 Å². The van der Waals surface area contributed by atoms with Gasteiger partial charge in [-0.15, -0.1) is 0 Å². The molecule has 1 aliphatic heterocycles. The molecule has 25 heavy (non-hydrogen) atoms. The van der Waals surface area contributed by atoms with Crippen molar-refractivity contribution in [3.8, 4) is 5.75 Å². The van der Waals surface area contributed by atoms with Gasteiger partial charge in [0.15, 0.2) is 11.6 Å². The molecule has 1 saturated heterocycles. The number of carbonyl (C=O) groups is 1. The molecule has 1 aromatic rings. The summed E-state index contributed by atoms with van der Waals surface area (Å²) in [4.78, 5) is 16.2. The Morgan fingerprint density at radius 1 is 1.40 bits per heavy atom. The molecule has 1 fully saturated rings. The van der Waals surface area contributed by atoms with Gasteiger partial charge >= 0.3 is 6.03 Å². The lowest BCUT2D eigenvalue weighted by molar-refractivity contribution is -0.00900. The first-order valence-electron chi connectivity index (χ1n) is 8.47. The molecule has 0 radical (unpaired) electrons. The van der Waals surface area contributed by atoms with Gasteiger partial charge in [0.2, 0.25) is 0 Å². The fraction of sp³-hybridized carbons (Fsp3) is 0.611. The number of methoxy groups -OCH3 is 1. The molecular weight excluding hydrogens is 325 g/mol. The predicted molar refractivity (Wildman–Crippen MR) is 94.3 cm³/mol. The molecule has 1 N–H and O–H groups in total. The lowest BCUT2D eigenvalue weighted by atomic mass is 10.0. The zero-order valence-corrected chi connectivity index (χ0v) is 15.5. The minimum Gasteiger partial charge on any atom is -0.494 e. The van der Waals surface area contributed by atoms with Crippen molar-refractivity contribution >= 4 is 6.03 Å². The van der Waals surface area contributed by atoms with Crippen LogP contribution in [-0.4, -0.2) is 68.4 Å². The first kappa shape index (κ1) is 19.5. The Bertz CT molecular complexity index is 589. The highest BCUT2D eigenvalue weighted by atomic mass is 19.1. The zero-order valence-electron chi connectivity index (χ0n) is 15.5. The first-order chi connectivity index (χ1) is 11.8. The highest BCUT2D eigenvalue weighted by Crippen LogP contribution is 2.19. The normalized spacial score (nSPS) is 15.7. The lowest BCUT2D eigenvalue weighted by Crippen LogP contribution is -2.56. The summed E-state index contributed by atoms with van der Waals surface area (Å²) in [5, 5.41) is 2.96. The number of hydrogen-bond acceptors (Lipinski definition) is 4. The number of ether oxygens (including phenoxy) is 2. The van der Waals surface area contributed by atoms with Crippen LogP contribution in [0.4, 0.5) is 9.18 Å². The van der Waals surface area contributed by atoms with Gasteiger partial charge in [-0.3, -0.25) is 4.90 Å². The number of morpholine rings is 1. The van der Waals surface area contributed by atoms with E-state index in [1.165, 1.54) is 18.1 Å². The van der Waals surface area contributed by atoms with Gasteiger partial charge in [0.25, 0.3) is 0 Å². The SMILES string of the molecule is COc1ccc(CN(C)C(=O)NCC(C)(C)N2CCOCC2)cc1F. The summed E-state index contributed by atoms with van der Waals surface area (Å²) in [6, 6.07) is 4.53. The average molecular weight is 353 g/mol. The van der Waals surface area contributed by atoms with E-state index in [9.17, 15) is 9.18 Å². The molecule has 0 aromatic heterocycles. The number of rotatable bonds is 6. The maximum atomic E-state index is 13.8. The first-order valence-corrected chi connectivity index (χ1v) is 8.47. The Hall–Kier alpha value is -1.86. The molecule has 2 amide bonds. The third-order valence-corrected chi connectivity index (χ3v) is 4.52. The third kappa shape index (κ3) is 5.31. The van der Waals surface area contributed by atoms with E-state index in [1.807, 2.05) is 0 Å². The summed E-state index contributed by atoms with van der Waals surface area (Å²) >= 11 is 0. The third-order valence-electron chi connectivity index (χ3n) is 4.52. The molecule has 1 heterocycles. The van der Waals surface area contributed by atoms with Crippen molar-refractivity contribution in [1.29, 1.82) is 0 Å². The van der Waals surface area contributed by atoms with Gasteiger partial charge in [0.05, 0.1) is 20.3 Å². The molecule has 0 atom stereocenters. The van der Waals surface area contributed by atoms with Crippen LogP contribution in [0.5, 0.6) is 5.75 Å². The Morgan fingerprint density at radius 2 is 2.08 bits per heavy atom. The van der Waals surface area contributed by atoms with Gasteiger partial charge in [0, 0.05) is 38.8 Å². The van der Waals surface area contributed by atoms with Crippen molar-refractivity contribution in [1.82, 2.24) is 15.1 Å². The summed E-state index contributed by atoms with van der Waals surface area (Å²) in [5.74, 6) is -0.231. The minimum absolute atomic E-state index is 0.146. The number of urea groups is 1. The van der Waals surface area contributed by atoms with E-state index < -0.39 is 5.82 Å². The number of nitrogens with one attached hydrogen (secondary N) is 1. The summed E-state index contributed by atoms with van der Waals surface area (Å²) in [6.45, 7) is 8.25. The maximum absolute atomic E-state index is 13.8. The molecule has 0 bridgehead atoms. The summed E-state index contributed by atoms with van der Waals surface area (Å²) < 4.78 is 24.0. The fourth-order valence-corrected chi connectivity index (χ4v) is 2.86. The van der Waals surface area contributed by atoms with Crippen molar-refractivity contribution < 1.29 is 18.7 Å². The van der Waals surface area contributed by atoms with Gasteiger partial charge in [-0.1, -0.05) is 6.07 Å². The van der Waals surface area contributed by atoms with Crippen molar-refractivity contribution in [2.75, 3.05) is 47.0 Å². The van der Waals surface area contributed by atoms with Gasteiger partial charge in [-0.25, -0.2) is 9.18 Å². The number of benzene rings is 1. The van der Waals surface area contributed by atoms with E-state index >= 15 is 0 Å². The van der Waals surface area contributed by atoms with E-state index in [-0.39, 0.29) is 17.3 Å². The molecule has 0 unspecified atom stereocenters. The van der Waals surface area contributed by atoms with Gasteiger partial charge < -0.3 is 19.7 Å². The molecule has 0 aliphatic carbocycles. The molecule has 2 rings (SSSR count). The number of halogens is 1. The Kier molecular flexibility index (Phi) is 6.61. The number of amides is 2. The number of nitrogens with zero attached hydrogens (tertiary/aromatic N) is 2. The van der Waals surface area contributed by atoms with Crippen molar-refractivity contribution in [2.45, 2.75) is 25.9 Å². The monoisotopic (exact) mass is 353 g/mol. The van der Waals surface area contributed by atoms with Gasteiger partial charge in [-0.2, -0.15) is 0 Å². The van der Waals surface area contributed by atoms with Crippen molar-refractivity contribution in [2.24, 2.45) is 0 Å². The molecule has 140 valence electrons. The average Bonchev–Trinajstić information content (AvgIpc) is 2.60. The topological polar surface area (TPSA) is 54.0 Å². The van der Waals surface area contributed by atoms with E-state index in [0.717, 1.165) is 26.3 Å². The van der Waals surface area contributed by atoms with Gasteiger partial charge in [0.1, 0.15) is 0 Å². The molecule has 7 heteroatoms. The van der Waals surface area contributed by atoms with Crippen molar-refractivity contribution in [3.05, 3.63) is 29.6 Å². The minimum atomic E-state index is -0.428.